The van der Waals surface area contributed by atoms with Gasteiger partial charge in [0.25, 0.3) is 0 Å². The van der Waals surface area contributed by atoms with Crippen molar-refractivity contribution >= 4 is 0 Å². The Labute approximate surface area is 140 Å². The van der Waals surface area contributed by atoms with Gasteiger partial charge in [0.15, 0.2) is 0 Å². The second-order valence-electron chi connectivity index (χ2n) is 6.24. The van der Waals surface area contributed by atoms with Crippen LogP contribution in [0.2, 0.25) is 0 Å². The third-order valence-electron chi connectivity index (χ3n) is 4.24. The van der Waals surface area contributed by atoms with Crippen LogP contribution in [0.25, 0.3) is 0 Å². The molecule has 23 heavy (non-hydrogen) atoms. The molecule has 0 aromatic rings. The topological polar surface area (TPSA) is 79.2 Å². The molecule has 0 bridgehead atoms. The molecule has 1 rings (SSSR count). The van der Waals surface area contributed by atoms with Gasteiger partial charge in [0, 0.05) is 6.61 Å². The lowest BCUT2D eigenvalue weighted by Crippen LogP contribution is -2.42. The molecule has 1 aliphatic rings. The van der Waals surface area contributed by atoms with E-state index in [1.54, 1.807) is 0 Å². The Morgan fingerprint density at radius 3 is 2.39 bits per heavy atom. The lowest BCUT2D eigenvalue weighted by Gasteiger charge is -2.24. The number of hydrogen-bond acceptors (Lipinski definition) is 5. The van der Waals surface area contributed by atoms with Crippen molar-refractivity contribution in [3.8, 4) is 0 Å². The molecular formula is C18H34O5. The Morgan fingerprint density at radius 2 is 1.78 bits per heavy atom. The van der Waals surface area contributed by atoms with Crippen LogP contribution in [0.3, 0.4) is 0 Å². The van der Waals surface area contributed by atoms with Crippen LogP contribution in [-0.4, -0.2) is 59.6 Å². The predicted molar refractivity (Wildman–Crippen MR) is 90.3 cm³/mol. The highest BCUT2D eigenvalue weighted by Gasteiger charge is 2.40. The molecular weight excluding hydrogens is 296 g/mol. The second kappa shape index (κ2) is 12.9. The summed E-state index contributed by atoms with van der Waals surface area (Å²) in [7, 11) is 0. The number of unbranched alkanes of at least 4 members (excludes halogenated alkanes) is 6. The molecule has 0 amide bonds. The smallest absolute Gasteiger partial charge is 0.114 e. The molecule has 0 spiro atoms. The number of ether oxygens (including phenoxy) is 2. The highest BCUT2D eigenvalue weighted by atomic mass is 16.6. The maximum absolute atomic E-state index is 9.77. The summed E-state index contributed by atoms with van der Waals surface area (Å²) in [5, 5.41) is 28.6. The molecule has 4 atom stereocenters. The summed E-state index contributed by atoms with van der Waals surface area (Å²) in [6, 6.07) is 0. The van der Waals surface area contributed by atoms with E-state index < -0.39 is 24.4 Å². The fraction of sp³-hybridized carbons (Fsp3) is 0.889. The summed E-state index contributed by atoms with van der Waals surface area (Å²) >= 11 is 0. The van der Waals surface area contributed by atoms with E-state index in [0.717, 1.165) is 19.3 Å². The average Bonchev–Trinajstić information content (AvgIpc) is 2.88. The van der Waals surface area contributed by atoms with Gasteiger partial charge in [-0.25, -0.2) is 0 Å². The molecule has 1 aliphatic heterocycles. The minimum Gasteiger partial charge on any atom is -0.394 e. The summed E-state index contributed by atoms with van der Waals surface area (Å²) in [5.41, 5.74) is 0. The van der Waals surface area contributed by atoms with Crippen molar-refractivity contribution in [2.24, 2.45) is 0 Å². The summed E-state index contributed by atoms with van der Waals surface area (Å²) in [6.07, 6.45) is 10.8. The van der Waals surface area contributed by atoms with Gasteiger partial charge in [-0.05, 0) is 25.7 Å². The Hall–Kier alpha value is -0.460. The quantitative estimate of drug-likeness (QED) is 0.356. The number of allylic oxidation sites excluding steroid dienone is 2. The van der Waals surface area contributed by atoms with Crippen LogP contribution < -0.4 is 0 Å². The van der Waals surface area contributed by atoms with Crippen LogP contribution in [0, 0.1) is 0 Å². The molecule has 5 nitrogen and oxygen atoms in total. The van der Waals surface area contributed by atoms with Crippen molar-refractivity contribution in [3.63, 3.8) is 0 Å². The maximum Gasteiger partial charge on any atom is 0.114 e. The van der Waals surface area contributed by atoms with Gasteiger partial charge in [-0.1, -0.05) is 44.8 Å². The third-order valence-corrected chi connectivity index (χ3v) is 4.24. The number of aliphatic hydroxyl groups is 3. The molecule has 136 valence electrons. The predicted octanol–water partition coefficient (Wildman–Crippen LogP) is 2.18. The monoisotopic (exact) mass is 330 g/mol. The minimum atomic E-state index is -0.978. The van der Waals surface area contributed by atoms with Gasteiger partial charge >= 0.3 is 0 Å². The van der Waals surface area contributed by atoms with Gasteiger partial charge in [-0.15, -0.1) is 0 Å². The molecule has 3 N–H and O–H groups in total. The summed E-state index contributed by atoms with van der Waals surface area (Å²) < 4.78 is 10.9. The summed E-state index contributed by atoms with van der Waals surface area (Å²) in [6.45, 7) is 2.59. The zero-order chi connectivity index (χ0) is 16.9. The van der Waals surface area contributed by atoms with Gasteiger partial charge < -0.3 is 24.8 Å². The van der Waals surface area contributed by atoms with Crippen LogP contribution in [0.5, 0.6) is 0 Å². The van der Waals surface area contributed by atoms with Crippen molar-refractivity contribution in [1.82, 2.24) is 0 Å². The summed E-state index contributed by atoms with van der Waals surface area (Å²) in [4.78, 5) is 0. The van der Waals surface area contributed by atoms with Gasteiger partial charge in [0.05, 0.1) is 13.2 Å². The Balaban J connectivity index is 1.98. The minimum absolute atomic E-state index is 0.0964. The van der Waals surface area contributed by atoms with Crippen LogP contribution >= 0.6 is 0 Å². The zero-order valence-corrected chi connectivity index (χ0v) is 14.4. The van der Waals surface area contributed by atoms with Gasteiger partial charge in [0.2, 0.25) is 0 Å². The fourth-order valence-electron chi connectivity index (χ4n) is 2.80. The van der Waals surface area contributed by atoms with E-state index in [1.165, 1.54) is 32.1 Å². The first-order valence-corrected chi connectivity index (χ1v) is 9.05. The number of aliphatic hydroxyl groups excluding tert-OH is 3. The SMILES string of the molecule is CC/C=C/CCCCCCCCO[C@@H](CO)[C@@H]1OC[C@@H](O)[C@@H]1O. The first-order chi connectivity index (χ1) is 11.2. The zero-order valence-electron chi connectivity index (χ0n) is 14.4. The first kappa shape index (κ1) is 20.6. The maximum atomic E-state index is 9.77. The highest BCUT2D eigenvalue weighted by Crippen LogP contribution is 2.19. The van der Waals surface area contributed by atoms with Crippen molar-refractivity contribution in [2.45, 2.75) is 82.7 Å². The van der Waals surface area contributed by atoms with Crippen LogP contribution in [-0.2, 0) is 9.47 Å². The van der Waals surface area contributed by atoms with E-state index in [4.69, 9.17) is 9.47 Å². The molecule has 0 aromatic carbocycles. The van der Waals surface area contributed by atoms with E-state index >= 15 is 0 Å². The summed E-state index contributed by atoms with van der Waals surface area (Å²) in [5.74, 6) is 0. The third kappa shape index (κ3) is 8.27. The second-order valence-corrected chi connectivity index (χ2v) is 6.24. The first-order valence-electron chi connectivity index (χ1n) is 9.05. The Bertz CT molecular complexity index is 308. The van der Waals surface area contributed by atoms with Gasteiger partial charge in [-0.3, -0.25) is 0 Å². The normalized spacial score (nSPS) is 26.2. The number of rotatable bonds is 13. The van der Waals surface area contributed by atoms with Gasteiger partial charge in [0.1, 0.15) is 24.4 Å². The largest absolute Gasteiger partial charge is 0.394 e. The van der Waals surface area contributed by atoms with E-state index in [1.807, 2.05) is 0 Å². The molecule has 1 saturated heterocycles. The molecule has 0 unspecified atom stereocenters. The Kier molecular flexibility index (Phi) is 11.5. The lowest BCUT2D eigenvalue weighted by atomic mass is 10.1. The van der Waals surface area contributed by atoms with E-state index in [2.05, 4.69) is 19.1 Å². The van der Waals surface area contributed by atoms with Crippen molar-refractivity contribution < 1.29 is 24.8 Å². The molecule has 0 saturated carbocycles. The van der Waals surface area contributed by atoms with Crippen LogP contribution in [0.4, 0.5) is 0 Å². The molecule has 0 aliphatic carbocycles. The molecule has 1 fully saturated rings. The molecule has 0 aromatic heterocycles. The standard InChI is InChI=1S/C18H34O5/c1-2-3-4-5-6-7-8-9-10-11-12-22-16(13-19)18-17(21)15(20)14-23-18/h3-4,15-21H,2,5-14H2,1H3/b4-3+/t15-,16+,17+,18+/m1/s1. The molecule has 5 heteroatoms. The average molecular weight is 330 g/mol. The fourth-order valence-corrected chi connectivity index (χ4v) is 2.80. The number of hydrogen-bond donors (Lipinski definition) is 3. The van der Waals surface area contributed by atoms with E-state index in [-0.39, 0.29) is 13.2 Å². The van der Waals surface area contributed by atoms with Crippen LogP contribution in [0.1, 0.15) is 58.3 Å². The lowest BCUT2D eigenvalue weighted by molar-refractivity contribution is -0.101. The van der Waals surface area contributed by atoms with E-state index in [0.29, 0.717) is 6.61 Å². The Morgan fingerprint density at radius 1 is 1.09 bits per heavy atom. The van der Waals surface area contributed by atoms with Crippen molar-refractivity contribution in [3.05, 3.63) is 12.2 Å². The van der Waals surface area contributed by atoms with Crippen molar-refractivity contribution in [2.75, 3.05) is 19.8 Å². The molecule has 0 radical (unpaired) electrons. The molecule has 1 heterocycles. The van der Waals surface area contributed by atoms with Crippen LogP contribution in [0.15, 0.2) is 12.2 Å². The van der Waals surface area contributed by atoms with Crippen molar-refractivity contribution in [1.29, 1.82) is 0 Å². The van der Waals surface area contributed by atoms with Gasteiger partial charge in [-0.2, -0.15) is 0 Å². The van der Waals surface area contributed by atoms with E-state index in [9.17, 15) is 15.3 Å². The highest BCUT2D eigenvalue weighted by molar-refractivity contribution is 4.88.